The molecule has 2 heterocycles. The quantitative estimate of drug-likeness (QED) is 0.548. The van der Waals surface area contributed by atoms with E-state index in [-0.39, 0.29) is 5.91 Å². The minimum Gasteiger partial charge on any atom is -0.376 e. The summed E-state index contributed by atoms with van der Waals surface area (Å²) >= 11 is 5.61. The third kappa shape index (κ3) is 4.11. The highest BCUT2D eigenvalue weighted by Crippen LogP contribution is 2.19. The van der Waals surface area contributed by atoms with Crippen molar-refractivity contribution in [2.45, 2.75) is 44.3 Å². The Kier molecular flexibility index (Phi) is 5.73. The molecule has 2 fully saturated rings. The van der Waals surface area contributed by atoms with Crippen molar-refractivity contribution >= 4 is 17.5 Å². The lowest BCUT2D eigenvalue weighted by Crippen LogP contribution is -2.45. The van der Waals surface area contributed by atoms with Gasteiger partial charge in [-0.25, -0.2) is 0 Å². The summed E-state index contributed by atoms with van der Waals surface area (Å²) < 4.78 is 11.0. The number of hydrogen-bond donors (Lipinski definition) is 0. The van der Waals surface area contributed by atoms with E-state index in [1.54, 1.807) is 0 Å². The second-order valence-electron chi connectivity index (χ2n) is 5.02. The Morgan fingerprint density at radius 1 is 1.22 bits per heavy atom. The summed E-state index contributed by atoms with van der Waals surface area (Å²) in [4.78, 5) is 13.9. The van der Waals surface area contributed by atoms with Crippen LogP contribution < -0.4 is 0 Å². The second-order valence-corrected chi connectivity index (χ2v) is 5.40. The molecule has 0 N–H and O–H groups in total. The number of rotatable bonds is 6. The molecule has 18 heavy (non-hydrogen) atoms. The van der Waals surface area contributed by atoms with Crippen LogP contribution in [-0.2, 0) is 14.3 Å². The van der Waals surface area contributed by atoms with Crippen molar-refractivity contribution in [3.05, 3.63) is 0 Å². The molecule has 0 saturated carbocycles. The highest BCUT2D eigenvalue weighted by atomic mass is 35.5. The molecule has 0 unspecified atom stereocenters. The number of hydrogen-bond acceptors (Lipinski definition) is 3. The molecule has 2 aliphatic heterocycles. The molecule has 0 spiro atoms. The first kappa shape index (κ1) is 14.1. The average Bonchev–Trinajstić information content (AvgIpc) is 2.35. The van der Waals surface area contributed by atoms with E-state index in [9.17, 15) is 4.79 Å². The van der Waals surface area contributed by atoms with Crippen LogP contribution in [0.25, 0.3) is 0 Å². The number of piperidine rings is 1. The minimum absolute atomic E-state index is 0.269. The molecule has 0 bridgehead atoms. The van der Waals surface area contributed by atoms with Crippen molar-refractivity contribution in [1.29, 1.82) is 0 Å². The number of alkyl halides is 1. The molecule has 0 radical (unpaired) electrons. The fraction of sp³-hybridized carbons (Fsp3) is 0.923. The molecule has 2 rings (SSSR count). The van der Waals surface area contributed by atoms with Crippen molar-refractivity contribution in [3.63, 3.8) is 0 Å². The Balaban J connectivity index is 1.61. The fourth-order valence-electron chi connectivity index (χ4n) is 2.33. The van der Waals surface area contributed by atoms with E-state index in [2.05, 4.69) is 0 Å². The van der Waals surface area contributed by atoms with E-state index in [4.69, 9.17) is 21.1 Å². The normalized spacial score (nSPS) is 21.9. The first-order chi connectivity index (χ1) is 8.79. The summed E-state index contributed by atoms with van der Waals surface area (Å²) in [6, 6.07) is 0. The molecule has 0 atom stereocenters. The van der Waals surface area contributed by atoms with E-state index in [0.29, 0.717) is 24.5 Å². The van der Waals surface area contributed by atoms with Crippen LogP contribution in [0.4, 0.5) is 0 Å². The molecule has 2 aliphatic rings. The molecule has 0 aromatic rings. The maximum atomic E-state index is 11.9. The maximum Gasteiger partial charge on any atom is 0.222 e. The lowest BCUT2D eigenvalue weighted by molar-refractivity contribution is -0.165. The third-order valence-electron chi connectivity index (χ3n) is 3.56. The smallest absolute Gasteiger partial charge is 0.222 e. The van der Waals surface area contributed by atoms with Crippen LogP contribution in [0.1, 0.15) is 32.1 Å². The number of halogens is 1. The van der Waals surface area contributed by atoms with Gasteiger partial charge in [-0.05, 0) is 25.7 Å². The lowest BCUT2D eigenvalue weighted by Gasteiger charge is -2.36. The molecule has 1 amide bonds. The number of ether oxygens (including phenoxy) is 2. The van der Waals surface area contributed by atoms with Crippen LogP contribution in [0, 0.1) is 0 Å². The molecule has 0 aromatic carbocycles. The molecule has 5 heteroatoms. The van der Waals surface area contributed by atoms with E-state index < -0.39 is 0 Å². The second kappa shape index (κ2) is 7.31. The van der Waals surface area contributed by atoms with Gasteiger partial charge >= 0.3 is 0 Å². The van der Waals surface area contributed by atoms with Crippen LogP contribution >= 0.6 is 11.6 Å². The van der Waals surface area contributed by atoms with Gasteiger partial charge in [-0.2, -0.15) is 0 Å². The van der Waals surface area contributed by atoms with Gasteiger partial charge < -0.3 is 14.4 Å². The minimum atomic E-state index is 0.269. The van der Waals surface area contributed by atoms with Crippen LogP contribution in [0.5, 0.6) is 0 Å². The van der Waals surface area contributed by atoms with Gasteiger partial charge in [0.05, 0.1) is 19.3 Å². The number of carbonyl (C=O) groups is 1. The predicted octanol–water partition coefficient (Wildman–Crippen LogP) is 1.80. The highest BCUT2D eigenvalue weighted by molar-refractivity contribution is 6.17. The average molecular weight is 276 g/mol. The monoisotopic (exact) mass is 275 g/mol. The molecule has 2 saturated heterocycles. The van der Waals surface area contributed by atoms with Gasteiger partial charge in [0.2, 0.25) is 5.91 Å². The summed E-state index contributed by atoms with van der Waals surface area (Å²) in [5, 5.41) is 0. The standard InChI is InChI=1S/C13H22ClNO3/c14-6-2-1-3-13(16)15-7-4-11(5-8-15)18-12-9-17-10-12/h11-12H,1-10H2. The van der Waals surface area contributed by atoms with E-state index >= 15 is 0 Å². The SMILES string of the molecule is O=C(CCCCCl)N1CCC(OC2COC2)CC1. The van der Waals surface area contributed by atoms with Crippen molar-refractivity contribution in [2.75, 3.05) is 32.2 Å². The van der Waals surface area contributed by atoms with Crippen molar-refractivity contribution in [2.24, 2.45) is 0 Å². The largest absolute Gasteiger partial charge is 0.376 e. The van der Waals surface area contributed by atoms with Crippen LogP contribution in [-0.4, -0.2) is 55.2 Å². The summed E-state index contributed by atoms with van der Waals surface area (Å²) in [5.74, 6) is 0.915. The number of carbonyl (C=O) groups excluding carboxylic acids is 1. The highest BCUT2D eigenvalue weighted by Gasteiger charge is 2.27. The Bertz CT molecular complexity index is 263. The third-order valence-corrected chi connectivity index (χ3v) is 3.83. The van der Waals surface area contributed by atoms with Gasteiger partial charge in [0.25, 0.3) is 0 Å². The Morgan fingerprint density at radius 3 is 2.50 bits per heavy atom. The van der Waals surface area contributed by atoms with Gasteiger partial charge in [0.1, 0.15) is 6.10 Å². The number of nitrogens with zero attached hydrogens (tertiary/aromatic N) is 1. The zero-order valence-electron chi connectivity index (χ0n) is 10.8. The van der Waals surface area contributed by atoms with Crippen LogP contribution in [0.15, 0.2) is 0 Å². The molecule has 104 valence electrons. The Labute approximate surface area is 114 Å². The van der Waals surface area contributed by atoms with Crippen molar-refractivity contribution < 1.29 is 14.3 Å². The molecule has 4 nitrogen and oxygen atoms in total. The van der Waals surface area contributed by atoms with Gasteiger partial charge in [0, 0.05) is 25.4 Å². The zero-order valence-corrected chi connectivity index (χ0v) is 11.5. The molecular formula is C13H22ClNO3. The summed E-state index contributed by atoms with van der Waals surface area (Å²) in [5.41, 5.74) is 0. The molecule has 0 aliphatic carbocycles. The zero-order chi connectivity index (χ0) is 12.8. The summed E-state index contributed by atoms with van der Waals surface area (Å²) in [6.07, 6.45) is 4.98. The van der Waals surface area contributed by atoms with Crippen LogP contribution in [0.3, 0.4) is 0 Å². The van der Waals surface area contributed by atoms with E-state index in [1.807, 2.05) is 4.90 Å². The first-order valence-electron chi connectivity index (χ1n) is 6.86. The van der Waals surface area contributed by atoms with Crippen LogP contribution in [0.2, 0.25) is 0 Å². The predicted molar refractivity (Wildman–Crippen MR) is 69.9 cm³/mol. The number of amides is 1. The number of likely N-dealkylation sites (tertiary alicyclic amines) is 1. The first-order valence-corrected chi connectivity index (χ1v) is 7.40. The Morgan fingerprint density at radius 2 is 1.94 bits per heavy atom. The molecular weight excluding hydrogens is 254 g/mol. The number of unbranched alkanes of at least 4 members (excludes halogenated alkanes) is 1. The van der Waals surface area contributed by atoms with Crippen molar-refractivity contribution in [3.8, 4) is 0 Å². The fourth-order valence-corrected chi connectivity index (χ4v) is 2.52. The van der Waals surface area contributed by atoms with Crippen molar-refractivity contribution in [1.82, 2.24) is 4.90 Å². The molecule has 0 aromatic heterocycles. The van der Waals surface area contributed by atoms with Gasteiger partial charge in [-0.3, -0.25) is 4.79 Å². The van der Waals surface area contributed by atoms with E-state index in [1.165, 1.54) is 0 Å². The summed E-state index contributed by atoms with van der Waals surface area (Å²) in [7, 11) is 0. The van der Waals surface area contributed by atoms with E-state index in [0.717, 1.165) is 52.0 Å². The lowest BCUT2D eigenvalue weighted by atomic mass is 10.1. The Hall–Kier alpha value is -0.320. The van der Waals surface area contributed by atoms with Gasteiger partial charge in [-0.15, -0.1) is 11.6 Å². The van der Waals surface area contributed by atoms with Gasteiger partial charge in [0.15, 0.2) is 0 Å². The topological polar surface area (TPSA) is 38.8 Å². The van der Waals surface area contributed by atoms with Gasteiger partial charge in [-0.1, -0.05) is 0 Å². The maximum absolute atomic E-state index is 11.9. The summed E-state index contributed by atoms with van der Waals surface area (Å²) in [6.45, 7) is 3.13.